The molecule has 1 aliphatic rings. The minimum atomic E-state index is -0.796. The number of amides is 1. The smallest absolute Gasteiger partial charge is 0.287 e. The summed E-state index contributed by atoms with van der Waals surface area (Å²) in [7, 11) is 1.82. The Bertz CT molecular complexity index is 582. The van der Waals surface area contributed by atoms with E-state index in [9.17, 15) is 19.3 Å². The summed E-state index contributed by atoms with van der Waals surface area (Å²) < 4.78 is 13.5. The second kappa shape index (κ2) is 6.48. The first kappa shape index (κ1) is 15.8. The molecule has 1 fully saturated rings. The molecular formula is C13H15BrFN3O3. The number of benzene rings is 1. The van der Waals surface area contributed by atoms with Crippen LogP contribution < -0.4 is 5.32 Å². The van der Waals surface area contributed by atoms with E-state index in [0.717, 1.165) is 25.0 Å². The van der Waals surface area contributed by atoms with E-state index in [4.69, 9.17) is 0 Å². The van der Waals surface area contributed by atoms with Gasteiger partial charge in [-0.05, 0) is 41.9 Å². The summed E-state index contributed by atoms with van der Waals surface area (Å²) in [5, 5.41) is 14.0. The quantitative estimate of drug-likeness (QED) is 0.663. The minimum Gasteiger partial charge on any atom is -0.337 e. The maximum absolute atomic E-state index is 13.5. The van der Waals surface area contributed by atoms with Gasteiger partial charge in [-0.3, -0.25) is 14.9 Å². The van der Waals surface area contributed by atoms with Crippen molar-refractivity contribution in [1.29, 1.82) is 0 Å². The number of nitrogens with zero attached hydrogens (tertiary/aromatic N) is 2. The Morgan fingerprint density at radius 1 is 1.57 bits per heavy atom. The Labute approximate surface area is 129 Å². The lowest BCUT2D eigenvalue weighted by Gasteiger charge is -2.32. The molecule has 1 N–H and O–H groups in total. The molecule has 1 unspecified atom stereocenters. The van der Waals surface area contributed by atoms with Gasteiger partial charge in [-0.25, -0.2) is 4.39 Å². The third-order valence-electron chi connectivity index (χ3n) is 3.56. The van der Waals surface area contributed by atoms with Gasteiger partial charge in [-0.2, -0.15) is 0 Å². The van der Waals surface area contributed by atoms with Gasteiger partial charge >= 0.3 is 0 Å². The Balaban J connectivity index is 2.33. The molecule has 1 heterocycles. The number of nitro groups is 1. The summed E-state index contributed by atoms with van der Waals surface area (Å²) >= 11 is 3.04. The van der Waals surface area contributed by atoms with Crippen molar-refractivity contribution < 1.29 is 14.1 Å². The predicted octanol–water partition coefficient (Wildman–Crippen LogP) is 2.32. The van der Waals surface area contributed by atoms with Crippen LogP contribution in [0.5, 0.6) is 0 Å². The van der Waals surface area contributed by atoms with Crippen LogP contribution in [0, 0.1) is 15.9 Å². The number of rotatable bonds is 3. The van der Waals surface area contributed by atoms with Crippen LogP contribution in [0.3, 0.4) is 0 Å². The third-order valence-corrected chi connectivity index (χ3v) is 4.40. The van der Waals surface area contributed by atoms with Crippen molar-refractivity contribution in [2.24, 2.45) is 0 Å². The van der Waals surface area contributed by atoms with Gasteiger partial charge in [-0.1, -0.05) is 0 Å². The zero-order valence-corrected chi connectivity index (χ0v) is 13.0. The molecule has 0 aromatic heterocycles. The summed E-state index contributed by atoms with van der Waals surface area (Å²) in [6, 6.07) is 2.01. The number of piperidine rings is 1. The van der Waals surface area contributed by atoms with E-state index >= 15 is 0 Å². The van der Waals surface area contributed by atoms with Crippen LogP contribution in [0.4, 0.5) is 10.1 Å². The van der Waals surface area contributed by atoms with E-state index in [1.165, 1.54) is 0 Å². The van der Waals surface area contributed by atoms with Gasteiger partial charge in [0.05, 0.1) is 16.6 Å². The summed E-state index contributed by atoms with van der Waals surface area (Å²) in [6.07, 6.45) is 1.80. The number of hydrogen-bond donors (Lipinski definition) is 1. The van der Waals surface area contributed by atoms with Gasteiger partial charge in [0, 0.05) is 19.1 Å². The number of hydrogen-bond acceptors (Lipinski definition) is 4. The largest absolute Gasteiger partial charge is 0.337 e. The van der Waals surface area contributed by atoms with Crippen LogP contribution in [-0.4, -0.2) is 41.9 Å². The van der Waals surface area contributed by atoms with Crippen LogP contribution in [0.15, 0.2) is 16.6 Å². The molecule has 1 aromatic rings. The van der Waals surface area contributed by atoms with Crippen LogP contribution in [-0.2, 0) is 0 Å². The number of carbonyl (C=O) groups excluding carboxylic acids is 1. The summed E-state index contributed by atoms with van der Waals surface area (Å²) in [5.74, 6) is -1.19. The summed E-state index contributed by atoms with van der Waals surface area (Å²) in [4.78, 5) is 24.3. The van der Waals surface area contributed by atoms with Crippen LogP contribution in [0.25, 0.3) is 0 Å². The first-order valence-electron chi connectivity index (χ1n) is 6.54. The highest BCUT2D eigenvalue weighted by Crippen LogP contribution is 2.31. The maximum Gasteiger partial charge on any atom is 0.287 e. The zero-order chi connectivity index (χ0) is 15.6. The van der Waals surface area contributed by atoms with Crippen LogP contribution in [0.2, 0.25) is 0 Å². The lowest BCUT2D eigenvalue weighted by Crippen LogP contribution is -2.47. The van der Waals surface area contributed by atoms with Crippen molar-refractivity contribution in [3.63, 3.8) is 0 Å². The highest BCUT2D eigenvalue weighted by molar-refractivity contribution is 9.10. The molecule has 114 valence electrons. The lowest BCUT2D eigenvalue weighted by molar-refractivity contribution is -0.385. The molecule has 0 aliphatic carbocycles. The number of likely N-dealkylation sites (N-methyl/N-ethyl adjacent to an activating group) is 1. The molecule has 0 spiro atoms. The maximum atomic E-state index is 13.5. The molecule has 21 heavy (non-hydrogen) atoms. The molecule has 2 rings (SSSR count). The van der Waals surface area contributed by atoms with Gasteiger partial charge in [0.1, 0.15) is 10.3 Å². The first-order valence-corrected chi connectivity index (χ1v) is 7.33. The molecule has 1 amide bonds. The Morgan fingerprint density at radius 2 is 2.29 bits per heavy atom. The lowest BCUT2D eigenvalue weighted by atomic mass is 10.0. The molecule has 0 radical (unpaired) electrons. The van der Waals surface area contributed by atoms with Gasteiger partial charge in [0.25, 0.3) is 11.6 Å². The van der Waals surface area contributed by atoms with E-state index in [1.54, 1.807) is 4.90 Å². The fourth-order valence-electron chi connectivity index (χ4n) is 2.43. The first-order chi connectivity index (χ1) is 9.93. The number of nitrogens with one attached hydrogen (secondary N) is 1. The van der Waals surface area contributed by atoms with Crippen molar-refractivity contribution in [3.8, 4) is 0 Å². The van der Waals surface area contributed by atoms with Crippen molar-refractivity contribution in [2.45, 2.75) is 18.9 Å². The molecular weight excluding hydrogens is 345 g/mol. The van der Waals surface area contributed by atoms with Crippen molar-refractivity contribution in [3.05, 3.63) is 38.1 Å². The highest BCUT2D eigenvalue weighted by Gasteiger charge is 2.28. The normalized spacial score (nSPS) is 18.6. The average molecular weight is 360 g/mol. The van der Waals surface area contributed by atoms with Gasteiger partial charge in [0.15, 0.2) is 0 Å². The number of carbonyl (C=O) groups is 1. The van der Waals surface area contributed by atoms with Gasteiger partial charge < -0.3 is 10.2 Å². The number of likely N-dealkylation sites (tertiary alicyclic amines) is 1. The van der Waals surface area contributed by atoms with E-state index in [2.05, 4.69) is 21.2 Å². The Kier molecular flexibility index (Phi) is 4.89. The second-order valence-corrected chi connectivity index (χ2v) is 5.72. The molecule has 0 saturated carbocycles. The van der Waals surface area contributed by atoms with Crippen molar-refractivity contribution in [1.82, 2.24) is 10.2 Å². The van der Waals surface area contributed by atoms with Gasteiger partial charge in [-0.15, -0.1) is 0 Å². The summed E-state index contributed by atoms with van der Waals surface area (Å²) in [6.45, 7) is 1.07. The van der Waals surface area contributed by atoms with Gasteiger partial charge in [0.2, 0.25) is 0 Å². The second-order valence-electron chi connectivity index (χ2n) is 4.92. The molecule has 1 aromatic carbocycles. The van der Waals surface area contributed by atoms with Crippen LogP contribution >= 0.6 is 15.9 Å². The van der Waals surface area contributed by atoms with Crippen molar-refractivity contribution >= 4 is 27.5 Å². The third kappa shape index (κ3) is 3.38. The van der Waals surface area contributed by atoms with E-state index < -0.39 is 22.3 Å². The zero-order valence-electron chi connectivity index (χ0n) is 11.4. The molecule has 1 aliphatic heterocycles. The average Bonchev–Trinajstić information content (AvgIpc) is 2.48. The highest BCUT2D eigenvalue weighted by atomic mass is 79.9. The minimum absolute atomic E-state index is 0.0153. The van der Waals surface area contributed by atoms with E-state index in [0.29, 0.717) is 13.1 Å². The summed E-state index contributed by atoms with van der Waals surface area (Å²) in [5.41, 5.74) is -0.459. The van der Waals surface area contributed by atoms with Crippen LogP contribution in [0.1, 0.15) is 23.2 Å². The predicted molar refractivity (Wildman–Crippen MR) is 78.7 cm³/mol. The van der Waals surface area contributed by atoms with E-state index in [1.807, 2.05) is 7.05 Å². The molecule has 1 saturated heterocycles. The SMILES string of the molecule is CNC1CCCN(C(=O)c2cc(F)cc([N+](=O)[O-])c2Br)C1. The fourth-order valence-corrected chi connectivity index (χ4v) is 2.97. The number of nitro benzene ring substituents is 1. The molecule has 0 bridgehead atoms. The monoisotopic (exact) mass is 359 g/mol. The van der Waals surface area contributed by atoms with Crippen molar-refractivity contribution in [2.75, 3.05) is 20.1 Å². The standard InChI is InChI=1S/C13H15BrFN3O3/c1-16-9-3-2-4-17(7-9)13(19)10-5-8(15)6-11(12(10)14)18(20)21/h5-6,9,16H,2-4,7H2,1H3. The molecule has 6 nitrogen and oxygen atoms in total. The Morgan fingerprint density at radius 3 is 2.90 bits per heavy atom. The number of halogens is 2. The Hall–Kier alpha value is -1.54. The topological polar surface area (TPSA) is 75.5 Å². The molecule has 8 heteroatoms. The fraction of sp³-hybridized carbons (Fsp3) is 0.462. The van der Waals surface area contributed by atoms with E-state index in [-0.39, 0.29) is 16.1 Å². The molecule has 1 atom stereocenters.